The maximum atomic E-state index is 12.8. The third-order valence-corrected chi connectivity index (χ3v) is 5.70. The van der Waals surface area contributed by atoms with Gasteiger partial charge >= 0.3 is 0 Å². The summed E-state index contributed by atoms with van der Waals surface area (Å²) in [5, 5.41) is 9.56. The molecule has 0 N–H and O–H groups in total. The fourth-order valence-electron chi connectivity index (χ4n) is 3.46. The number of ether oxygens (including phenoxy) is 1. The summed E-state index contributed by atoms with van der Waals surface area (Å²) in [5.74, 6) is 2.72. The number of hydrogen-bond acceptors (Lipinski definition) is 6. The maximum absolute atomic E-state index is 12.8. The highest BCUT2D eigenvalue weighted by atomic mass is 35.5. The molecule has 4 rings (SSSR count). The monoisotopic (exact) mass is 460 g/mol. The van der Waals surface area contributed by atoms with Gasteiger partial charge in [-0.3, -0.25) is 9.36 Å². The van der Waals surface area contributed by atoms with Crippen molar-refractivity contribution in [1.82, 2.24) is 24.6 Å². The van der Waals surface area contributed by atoms with E-state index in [-0.39, 0.29) is 5.91 Å². The van der Waals surface area contributed by atoms with Crippen molar-refractivity contribution in [2.24, 2.45) is 0 Å². The molecule has 1 aromatic carbocycles. The first-order valence-corrected chi connectivity index (χ1v) is 10.7. The Hall–Kier alpha value is -2.84. The lowest BCUT2D eigenvalue weighted by Crippen LogP contribution is -2.52. The van der Waals surface area contributed by atoms with Crippen LogP contribution in [0.25, 0.3) is 5.82 Å². The van der Waals surface area contributed by atoms with E-state index in [9.17, 15) is 4.79 Å². The van der Waals surface area contributed by atoms with Gasteiger partial charge in [0.2, 0.25) is 0 Å². The Morgan fingerprint density at radius 1 is 1.06 bits per heavy atom. The van der Waals surface area contributed by atoms with E-state index in [4.69, 9.17) is 27.9 Å². The van der Waals surface area contributed by atoms with Crippen molar-refractivity contribution in [2.45, 2.75) is 20.0 Å². The number of piperazine rings is 1. The number of amides is 1. The van der Waals surface area contributed by atoms with Gasteiger partial charge in [-0.2, -0.15) is 0 Å². The number of carbonyl (C=O) groups excluding carboxylic acids is 1. The summed E-state index contributed by atoms with van der Waals surface area (Å²) < 4.78 is 7.64. The fraction of sp³-hybridized carbons (Fsp3) is 0.333. The smallest absolute Gasteiger partial charge is 0.263 e. The Labute approximate surface area is 190 Å². The number of carbonyl (C=O) groups is 1. The summed E-state index contributed by atoms with van der Waals surface area (Å²) in [4.78, 5) is 20.9. The van der Waals surface area contributed by atoms with Gasteiger partial charge in [-0.05, 0) is 44.2 Å². The van der Waals surface area contributed by atoms with Crippen molar-refractivity contribution >= 4 is 34.9 Å². The van der Waals surface area contributed by atoms with Gasteiger partial charge in [0.15, 0.2) is 17.7 Å². The van der Waals surface area contributed by atoms with Crippen LogP contribution in [0.5, 0.6) is 5.75 Å². The van der Waals surface area contributed by atoms with Gasteiger partial charge in [0.25, 0.3) is 5.91 Å². The lowest BCUT2D eigenvalue weighted by Gasteiger charge is -2.36. The Balaban J connectivity index is 1.33. The molecule has 0 spiro atoms. The molecular weight excluding hydrogens is 439 g/mol. The molecule has 162 valence electrons. The summed E-state index contributed by atoms with van der Waals surface area (Å²) in [5.41, 5.74) is 0. The standard InChI is InChI=1S/C21H22Cl2N6O2/c1-14(31-18-4-3-16(22)13-17(18)23)21(30)28-11-9-27(10-12-28)19-5-6-20(26-25-19)29-8-7-24-15(29)2/h3-8,13-14H,9-12H2,1-2H3. The van der Waals surface area contributed by atoms with Crippen LogP contribution in [0, 0.1) is 6.92 Å². The molecule has 1 fully saturated rings. The quantitative estimate of drug-likeness (QED) is 0.580. The molecule has 3 heterocycles. The third kappa shape index (κ3) is 4.75. The number of benzene rings is 1. The van der Waals surface area contributed by atoms with Gasteiger partial charge in [-0.1, -0.05) is 23.2 Å². The molecule has 0 radical (unpaired) electrons. The molecule has 10 heteroatoms. The number of aromatic nitrogens is 4. The molecule has 2 aromatic heterocycles. The zero-order chi connectivity index (χ0) is 22.0. The van der Waals surface area contributed by atoms with Crippen LogP contribution >= 0.6 is 23.2 Å². The Morgan fingerprint density at radius 3 is 2.39 bits per heavy atom. The summed E-state index contributed by atoms with van der Waals surface area (Å²) in [6, 6.07) is 8.79. The maximum Gasteiger partial charge on any atom is 0.263 e. The summed E-state index contributed by atoms with van der Waals surface area (Å²) >= 11 is 12.1. The van der Waals surface area contributed by atoms with Crippen molar-refractivity contribution in [2.75, 3.05) is 31.1 Å². The van der Waals surface area contributed by atoms with E-state index in [0.29, 0.717) is 42.0 Å². The highest BCUT2D eigenvalue weighted by molar-refractivity contribution is 6.35. The van der Waals surface area contributed by atoms with E-state index in [1.54, 1.807) is 36.2 Å². The van der Waals surface area contributed by atoms with Gasteiger partial charge in [0.1, 0.15) is 11.6 Å². The van der Waals surface area contributed by atoms with Crippen LogP contribution in [0.2, 0.25) is 10.0 Å². The molecule has 1 unspecified atom stereocenters. The molecule has 1 atom stereocenters. The minimum absolute atomic E-state index is 0.0809. The zero-order valence-corrected chi connectivity index (χ0v) is 18.7. The first-order chi connectivity index (χ1) is 14.9. The first kappa shape index (κ1) is 21.4. The second kappa shape index (κ2) is 9.11. The van der Waals surface area contributed by atoms with Crippen molar-refractivity contribution in [3.8, 4) is 11.6 Å². The molecule has 1 amide bonds. The van der Waals surface area contributed by atoms with Crippen molar-refractivity contribution in [1.29, 1.82) is 0 Å². The van der Waals surface area contributed by atoms with Crippen LogP contribution in [0.4, 0.5) is 5.82 Å². The third-order valence-electron chi connectivity index (χ3n) is 5.17. The van der Waals surface area contributed by atoms with E-state index in [0.717, 1.165) is 17.5 Å². The number of hydrogen-bond donors (Lipinski definition) is 0. The fourth-order valence-corrected chi connectivity index (χ4v) is 3.91. The SMILES string of the molecule is Cc1nccn1-c1ccc(N2CCN(C(=O)C(C)Oc3ccc(Cl)cc3Cl)CC2)nn1. The predicted molar refractivity (Wildman–Crippen MR) is 119 cm³/mol. The van der Waals surface area contributed by atoms with Crippen LogP contribution in [0.1, 0.15) is 12.7 Å². The Morgan fingerprint density at radius 2 is 1.77 bits per heavy atom. The van der Waals surface area contributed by atoms with E-state index >= 15 is 0 Å². The van der Waals surface area contributed by atoms with Crippen LogP contribution in [0.15, 0.2) is 42.7 Å². The molecular formula is C21H22Cl2N6O2. The van der Waals surface area contributed by atoms with E-state index < -0.39 is 6.10 Å². The zero-order valence-electron chi connectivity index (χ0n) is 17.2. The number of nitrogens with zero attached hydrogens (tertiary/aromatic N) is 6. The topological polar surface area (TPSA) is 76.4 Å². The lowest BCUT2D eigenvalue weighted by atomic mass is 10.2. The van der Waals surface area contributed by atoms with Crippen molar-refractivity contribution in [3.05, 3.63) is 58.6 Å². The number of rotatable bonds is 5. The Bertz CT molecular complexity index is 1060. The second-order valence-electron chi connectivity index (χ2n) is 7.24. The summed E-state index contributed by atoms with van der Waals surface area (Å²) in [6.45, 7) is 6.12. The minimum Gasteiger partial charge on any atom is -0.479 e. The molecule has 1 saturated heterocycles. The molecule has 1 aliphatic heterocycles. The normalized spacial score (nSPS) is 15.1. The number of imidazole rings is 1. The van der Waals surface area contributed by atoms with Crippen LogP contribution in [-0.2, 0) is 4.79 Å². The molecule has 0 aliphatic carbocycles. The molecule has 0 saturated carbocycles. The average molecular weight is 461 g/mol. The summed E-state index contributed by atoms with van der Waals surface area (Å²) in [7, 11) is 0. The van der Waals surface area contributed by atoms with Gasteiger partial charge in [-0.15, -0.1) is 10.2 Å². The van der Waals surface area contributed by atoms with Crippen molar-refractivity contribution < 1.29 is 9.53 Å². The van der Waals surface area contributed by atoms with Crippen LogP contribution in [0.3, 0.4) is 0 Å². The Kier molecular flexibility index (Phi) is 6.29. The molecule has 31 heavy (non-hydrogen) atoms. The predicted octanol–water partition coefficient (Wildman–Crippen LogP) is 3.39. The molecule has 8 nitrogen and oxygen atoms in total. The number of halogens is 2. The lowest BCUT2D eigenvalue weighted by molar-refractivity contribution is -0.138. The van der Waals surface area contributed by atoms with Crippen LogP contribution < -0.4 is 9.64 Å². The molecule has 0 bridgehead atoms. The molecule has 1 aliphatic rings. The highest BCUT2D eigenvalue weighted by Crippen LogP contribution is 2.28. The van der Waals surface area contributed by atoms with Crippen molar-refractivity contribution in [3.63, 3.8) is 0 Å². The number of anilines is 1. The van der Waals surface area contributed by atoms with E-state index in [1.165, 1.54) is 0 Å². The largest absolute Gasteiger partial charge is 0.479 e. The van der Waals surface area contributed by atoms with Gasteiger partial charge in [0, 0.05) is 43.6 Å². The highest BCUT2D eigenvalue weighted by Gasteiger charge is 2.27. The van der Waals surface area contributed by atoms with Gasteiger partial charge in [-0.25, -0.2) is 4.98 Å². The second-order valence-corrected chi connectivity index (χ2v) is 8.08. The first-order valence-electron chi connectivity index (χ1n) is 9.92. The average Bonchev–Trinajstić information content (AvgIpc) is 3.21. The van der Waals surface area contributed by atoms with Gasteiger partial charge in [0.05, 0.1) is 5.02 Å². The minimum atomic E-state index is -0.650. The summed E-state index contributed by atoms with van der Waals surface area (Å²) in [6.07, 6.45) is 2.93. The van der Waals surface area contributed by atoms with Gasteiger partial charge < -0.3 is 14.5 Å². The molecule has 3 aromatic rings. The van der Waals surface area contributed by atoms with E-state index in [2.05, 4.69) is 20.1 Å². The van der Waals surface area contributed by atoms with E-state index in [1.807, 2.05) is 29.8 Å². The number of aryl methyl sites for hydroxylation is 1. The van der Waals surface area contributed by atoms with Crippen LogP contribution in [-0.4, -0.2) is 62.8 Å².